The summed E-state index contributed by atoms with van der Waals surface area (Å²) in [5.41, 5.74) is -1.49. The van der Waals surface area contributed by atoms with Crippen LogP contribution >= 0.6 is 0 Å². The second kappa shape index (κ2) is 5.13. The number of nitriles is 1. The van der Waals surface area contributed by atoms with E-state index in [1.165, 1.54) is 12.3 Å². The van der Waals surface area contributed by atoms with Crippen molar-refractivity contribution in [3.8, 4) is 6.07 Å². The Balaban J connectivity index is 2.58. The molecule has 20 heavy (non-hydrogen) atoms. The minimum atomic E-state index is -2.25. The van der Waals surface area contributed by atoms with Gasteiger partial charge < -0.3 is 5.32 Å². The summed E-state index contributed by atoms with van der Waals surface area (Å²) in [6.07, 6.45) is 2.26. The quantitative estimate of drug-likeness (QED) is 0.522. The van der Waals surface area contributed by atoms with Gasteiger partial charge in [0.1, 0.15) is 11.8 Å². The average molecular weight is 285 g/mol. The van der Waals surface area contributed by atoms with E-state index in [0.717, 1.165) is 6.20 Å². The van der Waals surface area contributed by atoms with Gasteiger partial charge in [0.15, 0.2) is 23.3 Å². The van der Waals surface area contributed by atoms with E-state index in [9.17, 15) is 22.0 Å². The highest BCUT2D eigenvalue weighted by atomic mass is 19.2. The summed E-state index contributed by atoms with van der Waals surface area (Å²) in [4.78, 5) is 3.59. The van der Waals surface area contributed by atoms with Gasteiger partial charge in [-0.05, 0) is 6.07 Å². The standard InChI is InChI=1S/C12H4F5N3/c13-7-8(14)10(16)12(11(17)9(7)15)20-6-4-19-2-1-5(6)3-18/h1-2,4,20H. The highest BCUT2D eigenvalue weighted by Gasteiger charge is 2.26. The van der Waals surface area contributed by atoms with E-state index in [-0.39, 0.29) is 11.3 Å². The van der Waals surface area contributed by atoms with E-state index in [4.69, 9.17) is 5.26 Å². The topological polar surface area (TPSA) is 48.7 Å². The minimum Gasteiger partial charge on any atom is -0.348 e. The van der Waals surface area contributed by atoms with Gasteiger partial charge in [-0.1, -0.05) is 0 Å². The smallest absolute Gasteiger partial charge is 0.200 e. The van der Waals surface area contributed by atoms with Gasteiger partial charge in [0.2, 0.25) is 5.82 Å². The largest absolute Gasteiger partial charge is 0.348 e. The molecular formula is C12H4F5N3. The summed E-state index contributed by atoms with van der Waals surface area (Å²) in [7, 11) is 0. The number of hydrogen-bond donors (Lipinski definition) is 1. The molecule has 0 aliphatic heterocycles. The van der Waals surface area contributed by atoms with E-state index < -0.39 is 34.8 Å². The highest BCUT2D eigenvalue weighted by Crippen LogP contribution is 2.30. The van der Waals surface area contributed by atoms with Gasteiger partial charge in [0, 0.05) is 6.20 Å². The van der Waals surface area contributed by atoms with E-state index in [1.807, 2.05) is 5.32 Å². The molecule has 0 saturated heterocycles. The van der Waals surface area contributed by atoms with Crippen molar-refractivity contribution in [3.63, 3.8) is 0 Å². The molecule has 2 aromatic rings. The number of hydrogen-bond acceptors (Lipinski definition) is 3. The summed E-state index contributed by atoms with van der Waals surface area (Å²) in [5, 5.41) is 10.8. The van der Waals surface area contributed by atoms with Crippen LogP contribution in [-0.4, -0.2) is 4.98 Å². The van der Waals surface area contributed by atoms with Crippen LogP contribution in [0.4, 0.5) is 33.3 Å². The Kier molecular flexibility index (Phi) is 3.52. The van der Waals surface area contributed by atoms with Gasteiger partial charge in [0.25, 0.3) is 0 Å². The van der Waals surface area contributed by atoms with E-state index in [1.54, 1.807) is 6.07 Å². The molecule has 0 aliphatic rings. The molecule has 102 valence electrons. The fourth-order valence-corrected chi connectivity index (χ4v) is 1.44. The molecule has 1 heterocycles. The molecule has 0 aliphatic carbocycles. The number of benzene rings is 1. The summed E-state index contributed by atoms with van der Waals surface area (Å²) in [6, 6.07) is 2.90. The van der Waals surface area contributed by atoms with E-state index in [0.29, 0.717) is 0 Å². The second-order valence-electron chi connectivity index (χ2n) is 3.60. The second-order valence-corrected chi connectivity index (χ2v) is 3.60. The molecule has 1 N–H and O–H groups in total. The molecule has 3 nitrogen and oxygen atoms in total. The van der Waals surface area contributed by atoms with Crippen molar-refractivity contribution in [2.45, 2.75) is 0 Å². The molecule has 0 amide bonds. The molecule has 0 bridgehead atoms. The molecule has 1 aromatic carbocycles. The zero-order chi connectivity index (χ0) is 14.9. The molecule has 8 heteroatoms. The first kappa shape index (κ1) is 13.7. The lowest BCUT2D eigenvalue weighted by Gasteiger charge is -2.11. The molecule has 1 aromatic heterocycles. The van der Waals surface area contributed by atoms with Crippen LogP contribution < -0.4 is 5.32 Å². The normalized spacial score (nSPS) is 10.2. The Bertz CT molecular complexity index is 695. The van der Waals surface area contributed by atoms with Crippen LogP contribution in [0, 0.1) is 40.4 Å². The van der Waals surface area contributed by atoms with Gasteiger partial charge in [-0.2, -0.15) is 5.26 Å². The maximum absolute atomic E-state index is 13.4. The van der Waals surface area contributed by atoms with Crippen LogP contribution in [0.5, 0.6) is 0 Å². The van der Waals surface area contributed by atoms with Crippen LogP contribution in [0.15, 0.2) is 18.5 Å². The third-order valence-electron chi connectivity index (χ3n) is 2.41. The first-order chi connectivity index (χ1) is 9.47. The Morgan fingerprint density at radius 2 is 1.50 bits per heavy atom. The maximum Gasteiger partial charge on any atom is 0.200 e. The van der Waals surface area contributed by atoms with Gasteiger partial charge in [-0.25, -0.2) is 22.0 Å². The lowest BCUT2D eigenvalue weighted by Crippen LogP contribution is -2.07. The Morgan fingerprint density at radius 3 is 2.05 bits per heavy atom. The van der Waals surface area contributed by atoms with Crippen molar-refractivity contribution >= 4 is 11.4 Å². The van der Waals surface area contributed by atoms with Gasteiger partial charge >= 0.3 is 0 Å². The average Bonchev–Trinajstić information content (AvgIpc) is 2.48. The summed E-state index contributed by atoms with van der Waals surface area (Å²) < 4.78 is 65.7. The van der Waals surface area contributed by atoms with Crippen LogP contribution in [0.2, 0.25) is 0 Å². The number of aromatic nitrogens is 1. The first-order valence-corrected chi connectivity index (χ1v) is 5.10. The van der Waals surface area contributed by atoms with Gasteiger partial charge in [-0.3, -0.25) is 4.98 Å². The zero-order valence-electron chi connectivity index (χ0n) is 9.52. The number of halogens is 5. The molecule has 0 atom stereocenters. The predicted molar refractivity (Wildman–Crippen MR) is 58.5 cm³/mol. The van der Waals surface area contributed by atoms with Crippen molar-refractivity contribution < 1.29 is 22.0 Å². The fraction of sp³-hybridized carbons (Fsp3) is 0. The van der Waals surface area contributed by atoms with Crippen molar-refractivity contribution in [2.75, 3.05) is 5.32 Å². The van der Waals surface area contributed by atoms with E-state index in [2.05, 4.69) is 4.98 Å². The number of rotatable bonds is 2. The van der Waals surface area contributed by atoms with Gasteiger partial charge in [0.05, 0.1) is 17.4 Å². The Morgan fingerprint density at radius 1 is 0.950 bits per heavy atom. The Labute approximate surface area is 109 Å². The monoisotopic (exact) mass is 285 g/mol. The van der Waals surface area contributed by atoms with Crippen LogP contribution in [-0.2, 0) is 0 Å². The van der Waals surface area contributed by atoms with Crippen molar-refractivity contribution in [3.05, 3.63) is 53.1 Å². The molecule has 0 unspecified atom stereocenters. The third kappa shape index (κ3) is 2.14. The number of nitrogens with one attached hydrogen (secondary N) is 1. The van der Waals surface area contributed by atoms with Crippen LogP contribution in [0.25, 0.3) is 0 Å². The summed E-state index contributed by atoms with van der Waals surface area (Å²) in [6.45, 7) is 0. The molecule has 0 fully saturated rings. The lowest BCUT2D eigenvalue weighted by atomic mass is 10.2. The fourth-order valence-electron chi connectivity index (χ4n) is 1.44. The van der Waals surface area contributed by atoms with E-state index >= 15 is 0 Å². The van der Waals surface area contributed by atoms with Gasteiger partial charge in [-0.15, -0.1) is 0 Å². The summed E-state index contributed by atoms with van der Waals surface area (Å²) in [5.74, 6) is -10.4. The molecule has 0 saturated carbocycles. The molecule has 0 spiro atoms. The van der Waals surface area contributed by atoms with Crippen LogP contribution in [0.1, 0.15) is 5.56 Å². The van der Waals surface area contributed by atoms with Crippen molar-refractivity contribution in [1.82, 2.24) is 4.98 Å². The minimum absolute atomic E-state index is 0.0658. The number of nitrogens with zero attached hydrogens (tertiary/aromatic N) is 2. The highest BCUT2D eigenvalue weighted by molar-refractivity contribution is 5.66. The predicted octanol–water partition coefficient (Wildman–Crippen LogP) is 3.39. The Hall–Kier alpha value is -2.69. The third-order valence-corrected chi connectivity index (χ3v) is 2.41. The number of anilines is 2. The summed E-state index contributed by atoms with van der Waals surface area (Å²) >= 11 is 0. The van der Waals surface area contributed by atoms with Crippen LogP contribution in [0.3, 0.4) is 0 Å². The molecule has 0 radical (unpaired) electrons. The van der Waals surface area contributed by atoms with Crippen molar-refractivity contribution in [1.29, 1.82) is 5.26 Å². The first-order valence-electron chi connectivity index (χ1n) is 5.10. The number of pyridine rings is 1. The van der Waals surface area contributed by atoms with Crippen molar-refractivity contribution in [2.24, 2.45) is 0 Å². The maximum atomic E-state index is 13.4. The lowest BCUT2D eigenvalue weighted by molar-refractivity contribution is 0.382. The zero-order valence-corrected chi connectivity index (χ0v) is 9.52. The molecular weight excluding hydrogens is 281 g/mol. The SMILES string of the molecule is N#Cc1ccncc1Nc1c(F)c(F)c(F)c(F)c1F. The molecule has 2 rings (SSSR count).